The van der Waals surface area contributed by atoms with Gasteiger partial charge in [0.2, 0.25) is 0 Å². The molecular weight excluding hydrogens is 208 g/mol. The average Bonchev–Trinajstić information content (AvgIpc) is 2.24. The average molecular weight is 232 g/mol. The summed E-state index contributed by atoms with van der Waals surface area (Å²) < 4.78 is 4.98. The first kappa shape index (κ1) is 14.6. The minimum Gasteiger partial charge on any atom is -0.385 e. The highest BCUT2D eigenvalue weighted by Gasteiger charge is 2.05. The van der Waals surface area contributed by atoms with Crippen LogP contribution < -0.4 is 5.32 Å². The number of hydrogen-bond donors (Lipinski definition) is 1. The Morgan fingerprint density at radius 3 is 2.33 bits per heavy atom. The van der Waals surface area contributed by atoms with E-state index in [9.17, 15) is 0 Å². The van der Waals surface area contributed by atoms with Crippen LogP contribution in [0.25, 0.3) is 0 Å². The summed E-state index contributed by atoms with van der Waals surface area (Å²) >= 11 is 5.33. The molecule has 15 heavy (non-hydrogen) atoms. The molecule has 0 bridgehead atoms. The molecule has 0 unspecified atom stereocenters. The maximum absolute atomic E-state index is 5.33. The van der Waals surface area contributed by atoms with Crippen LogP contribution in [0, 0.1) is 0 Å². The SMILES string of the molecule is CCCN(CCC)C(=S)NCCCOC. The Morgan fingerprint density at radius 1 is 1.27 bits per heavy atom. The van der Waals surface area contributed by atoms with Crippen molar-refractivity contribution in [3.8, 4) is 0 Å². The maximum atomic E-state index is 5.33. The molecule has 0 rings (SSSR count). The molecule has 0 saturated carbocycles. The summed E-state index contributed by atoms with van der Waals surface area (Å²) in [5.74, 6) is 0. The Morgan fingerprint density at radius 2 is 1.87 bits per heavy atom. The minimum absolute atomic E-state index is 0.789. The van der Waals surface area contributed by atoms with Crippen LogP contribution in [-0.2, 0) is 4.74 Å². The largest absolute Gasteiger partial charge is 0.385 e. The molecule has 0 spiro atoms. The summed E-state index contributed by atoms with van der Waals surface area (Å²) in [5, 5.41) is 4.15. The van der Waals surface area contributed by atoms with E-state index in [0.29, 0.717) is 0 Å². The Bertz CT molecular complexity index is 159. The van der Waals surface area contributed by atoms with Crippen LogP contribution in [0.3, 0.4) is 0 Å². The second-order valence-electron chi connectivity index (χ2n) is 3.57. The van der Waals surface area contributed by atoms with Crippen molar-refractivity contribution in [2.45, 2.75) is 33.1 Å². The fourth-order valence-electron chi connectivity index (χ4n) is 1.38. The second kappa shape index (κ2) is 10.2. The zero-order valence-electron chi connectivity index (χ0n) is 10.2. The van der Waals surface area contributed by atoms with Crippen LogP contribution in [0.2, 0.25) is 0 Å². The molecule has 0 heterocycles. The monoisotopic (exact) mass is 232 g/mol. The van der Waals surface area contributed by atoms with Gasteiger partial charge in [-0.3, -0.25) is 0 Å². The van der Waals surface area contributed by atoms with Gasteiger partial charge < -0.3 is 15.0 Å². The first-order chi connectivity index (χ1) is 7.26. The van der Waals surface area contributed by atoms with E-state index in [1.807, 2.05) is 0 Å². The number of nitrogens with zero attached hydrogens (tertiary/aromatic N) is 1. The third-order valence-corrected chi connectivity index (χ3v) is 2.48. The number of hydrogen-bond acceptors (Lipinski definition) is 2. The summed E-state index contributed by atoms with van der Waals surface area (Å²) in [4.78, 5) is 2.24. The van der Waals surface area contributed by atoms with E-state index in [4.69, 9.17) is 17.0 Å². The molecule has 90 valence electrons. The molecule has 0 saturated heterocycles. The van der Waals surface area contributed by atoms with E-state index >= 15 is 0 Å². The van der Waals surface area contributed by atoms with Gasteiger partial charge in [0.05, 0.1) is 0 Å². The molecule has 0 aromatic rings. The Balaban J connectivity index is 3.70. The molecule has 3 nitrogen and oxygen atoms in total. The third-order valence-electron chi connectivity index (χ3n) is 2.08. The Labute approximate surface area is 99.2 Å². The lowest BCUT2D eigenvalue weighted by molar-refractivity contribution is 0.195. The van der Waals surface area contributed by atoms with E-state index in [0.717, 1.165) is 50.6 Å². The van der Waals surface area contributed by atoms with Crippen molar-refractivity contribution < 1.29 is 4.74 Å². The highest BCUT2D eigenvalue weighted by molar-refractivity contribution is 7.80. The first-order valence-corrected chi connectivity index (χ1v) is 6.18. The highest BCUT2D eigenvalue weighted by Crippen LogP contribution is 1.95. The highest BCUT2D eigenvalue weighted by atomic mass is 32.1. The lowest BCUT2D eigenvalue weighted by Crippen LogP contribution is -2.41. The fraction of sp³-hybridized carbons (Fsp3) is 0.909. The van der Waals surface area contributed by atoms with Gasteiger partial charge in [-0.15, -0.1) is 0 Å². The van der Waals surface area contributed by atoms with Crippen LogP contribution in [-0.4, -0.2) is 43.4 Å². The summed E-state index contributed by atoms with van der Waals surface area (Å²) in [7, 11) is 1.72. The number of nitrogens with one attached hydrogen (secondary N) is 1. The quantitative estimate of drug-likeness (QED) is 0.511. The van der Waals surface area contributed by atoms with Gasteiger partial charge in [0.15, 0.2) is 5.11 Å². The van der Waals surface area contributed by atoms with Crippen molar-refractivity contribution in [2.75, 3.05) is 33.4 Å². The topological polar surface area (TPSA) is 24.5 Å². The third kappa shape index (κ3) is 7.56. The van der Waals surface area contributed by atoms with E-state index in [1.54, 1.807) is 7.11 Å². The molecule has 0 aliphatic rings. The number of thiocarbonyl (C=S) groups is 1. The predicted octanol–water partition coefficient (Wildman–Crippen LogP) is 2.02. The van der Waals surface area contributed by atoms with Crippen LogP contribution >= 0.6 is 12.2 Å². The van der Waals surface area contributed by atoms with E-state index in [2.05, 4.69) is 24.1 Å². The number of rotatable bonds is 8. The van der Waals surface area contributed by atoms with Crippen molar-refractivity contribution in [1.29, 1.82) is 0 Å². The smallest absolute Gasteiger partial charge is 0.168 e. The zero-order valence-corrected chi connectivity index (χ0v) is 11.0. The Hall–Kier alpha value is -0.350. The van der Waals surface area contributed by atoms with E-state index in [1.165, 1.54) is 0 Å². The molecule has 0 aromatic carbocycles. The van der Waals surface area contributed by atoms with Crippen LogP contribution in [0.4, 0.5) is 0 Å². The van der Waals surface area contributed by atoms with E-state index < -0.39 is 0 Å². The molecule has 0 fully saturated rings. The molecule has 1 N–H and O–H groups in total. The lowest BCUT2D eigenvalue weighted by Gasteiger charge is -2.24. The lowest BCUT2D eigenvalue weighted by atomic mass is 10.4. The van der Waals surface area contributed by atoms with Gasteiger partial charge in [-0.25, -0.2) is 0 Å². The molecule has 4 heteroatoms. The number of methoxy groups -OCH3 is 1. The second-order valence-corrected chi connectivity index (χ2v) is 3.95. The zero-order chi connectivity index (χ0) is 11.5. The minimum atomic E-state index is 0.789. The van der Waals surface area contributed by atoms with Crippen molar-refractivity contribution >= 4 is 17.3 Å². The molecule has 0 radical (unpaired) electrons. The molecule has 0 aromatic heterocycles. The van der Waals surface area contributed by atoms with Crippen LogP contribution in [0.1, 0.15) is 33.1 Å². The van der Waals surface area contributed by atoms with Gasteiger partial charge in [0.25, 0.3) is 0 Å². The van der Waals surface area contributed by atoms with Gasteiger partial charge in [0, 0.05) is 33.4 Å². The van der Waals surface area contributed by atoms with Gasteiger partial charge >= 0.3 is 0 Å². The van der Waals surface area contributed by atoms with Gasteiger partial charge in [-0.2, -0.15) is 0 Å². The van der Waals surface area contributed by atoms with Crippen LogP contribution in [0.15, 0.2) is 0 Å². The standard InChI is InChI=1S/C11H24N2OS/c1-4-8-13(9-5-2)11(15)12-7-6-10-14-3/h4-10H2,1-3H3,(H,12,15). The summed E-state index contributed by atoms with van der Waals surface area (Å²) in [5.41, 5.74) is 0. The summed E-state index contributed by atoms with van der Waals surface area (Å²) in [6.07, 6.45) is 3.28. The van der Waals surface area contributed by atoms with Crippen molar-refractivity contribution in [3.63, 3.8) is 0 Å². The fourth-order valence-corrected chi connectivity index (χ4v) is 1.66. The van der Waals surface area contributed by atoms with Crippen molar-refractivity contribution in [1.82, 2.24) is 10.2 Å². The first-order valence-electron chi connectivity index (χ1n) is 5.77. The molecular formula is C11H24N2OS. The molecule has 0 amide bonds. The van der Waals surface area contributed by atoms with Crippen molar-refractivity contribution in [3.05, 3.63) is 0 Å². The Kier molecular flexibility index (Phi) is 9.94. The molecule has 0 atom stereocenters. The molecule has 0 aliphatic heterocycles. The van der Waals surface area contributed by atoms with E-state index in [-0.39, 0.29) is 0 Å². The van der Waals surface area contributed by atoms with Gasteiger partial charge in [-0.05, 0) is 31.5 Å². The van der Waals surface area contributed by atoms with Crippen LogP contribution in [0.5, 0.6) is 0 Å². The van der Waals surface area contributed by atoms with Gasteiger partial charge in [-0.1, -0.05) is 13.8 Å². The summed E-state index contributed by atoms with van der Waals surface area (Å²) in [6.45, 7) is 8.13. The van der Waals surface area contributed by atoms with Gasteiger partial charge in [0.1, 0.15) is 0 Å². The summed E-state index contributed by atoms with van der Waals surface area (Å²) in [6, 6.07) is 0. The normalized spacial score (nSPS) is 10.1. The predicted molar refractivity (Wildman–Crippen MR) is 69.2 cm³/mol. The molecule has 0 aliphatic carbocycles. The van der Waals surface area contributed by atoms with Crippen molar-refractivity contribution in [2.24, 2.45) is 0 Å². The number of ether oxygens (including phenoxy) is 1. The maximum Gasteiger partial charge on any atom is 0.168 e.